The molecule has 0 aliphatic rings. The van der Waals surface area contributed by atoms with Crippen LogP contribution in [-0.2, 0) is 0 Å². The van der Waals surface area contributed by atoms with Crippen LogP contribution in [0.5, 0.6) is 0 Å². The predicted octanol–water partition coefficient (Wildman–Crippen LogP) is 4.02. The van der Waals surface area contributed by atoms with Gasteiger partial charge >= 0.3 is 0 Å². The van der Waals surface area contributed by atoms with Gasteiger partial charge < -0.3 is 0 Å². The van der Waals surface area contributed by atoms with E-state index in [0.717, 1.165) is 18.1 Å². The lowest BCUT2D eigenvalue weighted by atomic mass is 10.2. The minimum Gasteiger partial charge on any atom is -0.294 e. The number of rotatable bonds is 1. The van der Waals surface area contributed by atoms with Gasteiger partial charge in [0.1, 0.15) is 0 Å². The maximum atomic E-state index is 11.1. The number of hydrogen-bond donors (Lipinski definition) is 0. The molecule has 12 heavy (non-hydrogen) atoms. The second kappa shape index (κ2) is 4.19. The molecule has 0 radical (unpaired) electrons. The van der Waals surface area contributed by atoms with Crippen LogP contribution in [0.15, 0.2) is 21.1 Å². The summed E-state index contributed by atoms with van der Waals surface area (Å²) in [5.74, 6) is 0.0822. The number of benzene rings is 1. The lowest BCUT2D eigenvalue weighted by Crippen LogP contribution is -1.97. The molecule has 0 spiro atoms. The van der Waals surface area contributed by atoms with E-state index in [1.165, 1.54) is 0 Å². The van der Waals surface area contributed by atoms with Crippen LogP contribution in [0.4, 0.5) is 0 Å². The molecule has 1 nitrogen and oxygen atoms in total. The summed E-state index contributed by atoms with van der Waals surface area (Å²) in [7, 11) is 0. The number of halogens is 3. The Hall–Kier alpha value is 0.580. The van der Waals surface area contributed by atoms with Crippen molar-refractivity contribution in [3.8, 4) is 0 Å². The summed E-state index contributed by atoms with van der Waals surface area (Å²) >= 11 is 8.84. The molecule has 0 bridgehead atoms. The molecule has 0 saturated heterocycles. The number of ketones is 1. The molecule has 1 aromatic rings. The first kappa shape index (κ1) is 10.7. The maximum absolute atomic E-state index is 11.1. The van der Waals surface area contributed by atoms with E-state index in [0.29, 0.717) is 0 Å². The largest absolute Gasteiger partial charge is 0.294 e. The molecule has 1 rings (SSSR count). The van der Waals surface area contributed by atoms with Gasteiger partial charge in [0.25, 0.3) is 0 Å². The highest BCUT2D eigenvalue weighted by atomic mass is 127. The Morgan fingerprint density at radius 2 is 2.00 bits per heavy atom. The van der Waals surface area contributed by atoms with Crippen LogP contribution in [0.3, 0.4) is 0 Å². The van der Waals surface area contributed by atoms with Crippen LogP contribution in [0.25, 0.3) is 0 Å². The summed E-state index contributed by atoms with van der Waals surface area (Å²) in [6.07, 6.45) is 0. The summed E-state index contributed by atoms with van der Waals surface area (Å²) in [5, 5.41) is 0. The van der Waals surface area contributed by atoms with Gasteiger partial charge in [0, 0.05) is 18.1 Å². The first-order valence-corrected chi connectivity index (χ1v) is 5.84. The van der Waals surface area contributed by atoms with Crippen molar-refractivity contribution in [2.75, 3.05) is 0 Å². The number of carbonyl (C=O) groups excluding carboxylic acids is 1. The van der Waals surface area contributed by atoms with Gasteiger partial charge in [-0.3, -0.25) is 4.79 Å². The van der Waals surface area contributed by atoms with Gasteiger partial charge in [-0.05, 0) is 57.6 Å². The molecule has 0 N–H and O–H groups in total. The molecule has 4 heteroatoms. The molecular formula is C8H5Br2IO. The zero-order valence-corrected chi connectivity index (χ0v) is 11.5. The summed E-state index contributed by atoms with van der Waals surface area (Å²) in [4.78, 5) is 11.1. The molecule has 0 heterocycles. The fraction of sp³-hybridized carbons (Fsp3) is 0.125. The number of hydrogen-bond acceptors (Lipinski definition) is 1. The van der Waals surface area contributed by atoms with Crippen molar-refractivity contribution in [3.05, 3.63) is 30.2 Å². The third kappa shape index (κ3) is 2.29. The molecule has 1 aromatic carbocycles. The van der Waals surface area contributed by atoms with E-state index in [1.54, 1.807) is 6.92 Å². The molecule has 64 valence electrons. The SMILES string of the molecule is CC(=O)c1c(Br)cc(Br)cc1I. The summed E-state index contributed by atoms with van der Waals surface area (Å²) in [6.45, 7) is 1.57. The minimum absolute atomic E-state index is 0.0822. The maximum Gasteiger partial charge on any atom is 0.162 e. The van der Waals surface area contributed by atoms with Gasteiger partial charge in [0.05, 0.1) is 0 Å². The second-order valence-corrected chi connectivity index (χ2v) is 5.23. The highest BCUT2D eigenvalue weighted by Gasteiger charge is 2.10. The standard InChI is InChI=1S/C8H5Br2IO/c1-4(12)8-6(10)2-5(9)3-7(8)11/h2-3H,1H3. The van der Waals surface area contributed by atoms with Crippen LogP contribution in [0.2, 0.25) is 0 Å². The van der Waals surface area contributed by atoms with Crippen molar-refractivity contribution >= 4 is 60.2 Å². The summed E-state index contributed by atoms with van der Waals surface area (Å²) in [5.41, 5.74) is 0.749. The first-order chi connectivity index (χ1) is 5.52. The van der Waals surface area contributed by atoms with Crippen molar-refractivity contribution in [3.63, 3.8) is 0 Å². The zero-order chi connectivity index (χ0) is 9.30. The van der Waals surface area contributed by atoms with Gasteiger partial charge in [0.2, 0.25) is 0 Å². The van der Waals surface area contributed by atoms with Gasteiger partial charge in [-0.25, -0.2) is 0 Å². The Bertz CT molecular complexity index is 313. The van der Waals surface area contributed by atoms with E-state index in [1.807, 2.05) is 12.1 Å². The van der Waals surface area contributed by atoms with E-state index in [9.17, 15) is 4.79 Å². The Morgan fingerprint density at radius 1 is 1.42 bits per heavy atom. The Morgan fingerprint density at radius 3 is 2.42 bits per heavy atom. The van der Waals surface area contributed by atoms with E-state index in [-0.39, 0.29) is 5.78 Å². The third-order valence-electron chi connectivity index (χ3n) is 1.36. The van der Waals surface area contributed by atoms with E-state index < -0.39 is 0 Å². The lowest BCUT2D eigenvalue weighted by Gasteiger charge is -2.03. The van der Waals surface area contributed by atoms with Crippen LogP contribution in [0, 0.1) is 3.57 Å². The zero-order valence-electron chi connectivity index (χ0n) is 6.20. The van der Waals surface area contributed by atoms with Crippen LogP contribution in [0.1, 0.15) is 17.3 Å². The normalized spacial score (nSPS) is 10.0. The van der Waals surface area contributed by atoms with Crippen molar-refractivity contribution in [2.24, 2.45) is 0 Å². The van der Waals surface area contributed by atoms with Gasteiger partial charge in [-0.2, -0.15) is 0 Å². The van der Waals surface area contributed by atoms with Crippen LogP contribution in [-0.4, -0.2) is 5.78 Å². The van der Waals surface area contributed by atoms with E-state index >= 15 is 0 Å². The molecule has 0 aliphatic carbocycles. The van der Waals surface area contributed by atoms with Crippen molar-refractivity contribution in [1.29, 1.82) is 0 Å². The average molecular weight is 404 g/mol. The molecular weight excluding hydrogens is 399 g/mol. The highest BCUT2D eigenvalue weighted by molar-refractivity contribution is 14.1. The molecule has 0 atom stereocenters. The van der Waals surface area contributed by atoms with Crippen molar-refractivity contribution in [1.82, 2.24) is 0 Å². The topological polar surface area (TPSA) is 17.1 Å². The highest BCUT2D eigenvalue weighted by Crippen LogP contribution is 2.27. The quantitative estimate of drug-likeness (QED) is 0.511. The van der Waals surface area contributed by atoms with Gasteiger partial charge in [0.15, 0.2) is 5.78 Å². The second-order valence-electron chi connectivity index (χ2n) is 2.30. The van der Waals surface area contributed by atoms with Crippen molar-refractivity contribution in [2.45, 2.75) is 6.92 Å². The van der Waals surface area contributed by atoms with Crippen LogP contribution < -0.4 is 0 Å². The number of Topliss-reactive ketones (excluding diaryl/α,β-unsaturated/α-hetero) is 1. The smallest absolute Gasteiger partial charge is 0.162 e. The average Bonchev–Trinajstić information content (AvgIpc) is 1.82. The Labute approximate surface area is 101 Å². The molecule has 0 fully saturated rings. The Balaban J connectivity index is 3.38. The van der Waals surface area contributed by atoms with Gasteiger partial charge in [-0.1, -0.05) is 15.9 Å². The number of carbonyl (C=O) groups is 1. The summed E-state index contributed by atoms with van der Waals surface area (Å²) < 4.78 is 2.78. The molecule has 0 amide bonds. The molecule has 0 unspecified atom stereocenters. The summed E-state index contributed by atoms with van der Waals surface area (Å²) in [6, 6.07) is 3.79. The monoisotopic (exact) mass is 402 g/mol. The fourth-order valence-corrected chi connectivity index (χ4v) is 4.19. The fourth-order valence-electron chi connectivity index (χ4n) is 0.879. The predicted molar refractivity (Wildman–Crippen MR) is 64.6 cm³/mol. The molecule has 0 aromatic heterocycles. The van der Waals surface area contributed by atoms with Crippen molar-refractivity contribution < 1.29 is 4.79 Å². The molecule has 0 aliphatic heterocycles. The molecule has 0 saturated carbocycles. The van der Waals surface area contributed by atoms with Gasteiger partial charge in [-0.15, -0.1) is 0 Å². The third-order valence-corrected chi connectivity index (χ3v) is 3.29. The van der Waals surface area contributed by atoms with Crippen LogP contribution >= 0.6 is 54.5 Å². The minimum atomic E-state index is 0.0822. The van der Waals surface area contributed by atoms with E-state index in [4.69, 9.17) is 0 Å². The van der Waals surface area contributed by atoms with E-state index in [2.05, 4.69) is 54.5 Å². The lowest BCUT2D eigenvalue weighted by molar-refractivity contribution is 0.101. The first-order valence-electron chi connectivity index (χ1n) is 3.18. The Kier molecular flexibility index (Phi) is 3.73.